The molecule has 0 bridgehead atoms. The molecule has 0 amide bonds. The van der Waals surface area contributed by atoms with E-state index in [9.17, 15) is 4.79 Å². The fourth-order valence-electron chi connectivity index (χ4n) is 1.49. The number of halogens is 1. The topological polar surface area (TPSA) is 59.7 Å². The number of benzene rings is 1. The molecule has 1 aromatic heterocycles. The molecule has 0 atom stereocenters. The van der Waals surface area contributed by atoms with Gasteiger partial charge in [-0.3, -0.25) is 0 Å². The van der Waals surface area contributed by atoms with Crippen LogP contribution in [-0.4, -0.2) is 11.1 Å². The summed E-state index contributed by atoms with van der Waals surface area (Å²) in [6.07, 6.45) is 0. The molecule has 2 rings (SSSR count). The van der Waals surface area contributed by atoms with E-state index in [0.29, 0.717) is 22.1 Å². The molecule has 1 heterocycles. The largest absolute Gasteiger partial charge is 0.489 e. The number of ether oxygens (including phenoxy) is 1. The van der Waals surface area contributed by atoms with Crippen molar-refractivity contribution >= 4 is 17.6 Å². The Balaban J connectivity index is 2.08. The fourth-order valence-corrected chi connectivity index (χ4v) is 1.67. The van der Waals surface area contributed by atoms with Gasteiger partial charge in [-0.05, 0) is 31.2 Å². The number of carboxylic acids is 1. The number of rotatable bonds is 4. The zero-order valence-electron chi connectivity index (χ0n) is 9.64. The van der Waals surface area contributed by atoms with Gasteiger partial charge in [0.05, 0.1) is 0 Å². The van der Waals surface area contributed by atoms with Crippen molar-refractivity contribution in [2.24, 2.45) is 0 Å². The summed E-state index contributed by atoms with van der Waals surface area (Å²) in [6, 6.07) is 8.46. The number of aromatic carboxylic acids is 1. The van der Waals surface area contributed by atoms with E-state index in [1.54, 1.807) is 31.2 Å². The van der Waals surface area contributed by atoms with E-state index in [4.69, 9.17) is 25.9 Å². The lowest BCUT2D eigenvalue weighted by molar-refractivity contribution is 0.0661. The molecule has 2 aromatic rings. The average molecular weight is 267 g/mol. The van der Waals surface area contributed by atoms with Gasteiger partial charge in [0.2, 0.25) is 5.76 Å². The Kier molecular flexibility index (Phi) is 3.58. The Morgan fingerprint density at radius 1 is 1.44 bits per heavy atom. The molecule has 4 nitrogen and oxygen atoms in total. The first-order valence-corrected chi connectivity index (χ1v) is 5.65. The van der Waals surface area contributed by atoms with E-state index in [-0.39, 0.29) is 12.4 Å². The number of carbonyl (C=O) groups is 1. The van der Waals surface area contributed by atoms with Crippen molar-refractivity contribution in [3.63, 3.8) is 0 Å². The summed E-state index contributed by atoms with van der Waals surface area (Å²) in [6.45, 7) is 1.94. The number of furan rings is 1. The first kappa shape index (κ1) is 12.5. The average Bonchev–Trinajstić information content (AvgIpc) is 2.68. The molecule has 0 fully saturated rings. The quantitative estimate of drug-likeness (QED) is 0.920. The lowest BCUT2D eigenvalue weighted by atomic mass is 10.2. The normalized spacial score (nSPS) is 10.3. The first-order valence-electron chi connectivity index (χ1n) is 5.27. The third-order valence-electron chi connectivity index (χ3n) is 2.42. The van der Waals surface area contributed by atoms with E-state index in [1.165, 1.54) is 6.07 Å². The van der Waals surface area contributed by atoms with Crippen molar-refractivity contribution in [3.05, 3.63) is 52.4 Å². The minimum Gasteiger partial charge on any atom is -0.489 e. The highest BCUT2D eigenvalue weighted by Crippen LogP contribution is 2.20. The van der Waals surface area contributed by atoms with E-state index in [0.717, 1.165) is 0 Å². The highest BCUT2D eigenvalue weighted by molar-refractivity contribution is 6.30. The van der Waals surface area contributed by atoms with Crippen LogP contribution in [-0.2, 0) is 6.61 Å². The Hall–Kier alpha value is -1.94. The number of hydrogen-bond acceptors (Lipinski definition) is 3. The molecule has 0 unspecified atom stereocenters. The van der Waals surface area contributed by atoms with E-state index >= 15 is 0 Å². The predicted molar refractivity (Wildman–Crippen MR) is 66.2 cm³/mol. The Labute approximate surface area is 109 Å². The van der Waals surface area contributed by atoms with Crippen molar-refractivity contribution < 1.29 is 19.1 Å². The summed E-state index contributed by atoms with van der Waals surface area (Å²) in [5, 5.41) is 9.38. The summed E-state index contributed by atoms with van der Waals surface area (Å²) in [5.41, 5.74) is 0.701. The third-order valence-corrected chi connectivity index (χ3v) is 2.66. The van der Waals surface area contributed by atoms with Crippen LogP contribution in [0.1, 0.15) is 21.9 Å². The standard InChI is InChI=1S/C13H11ClO4/c1-8-9(5-12(18-8)13(15)16)7-17-11-4-2-3-10(14)6-11/h2-6H,7H2,1H3,(H,15,16). The maximum absolute atomic E-state index is 10.7. The highest BCUT2D eigenvalue weighted by Gasteiger charge is 2.13. The summed E-state index contributed by atoms with van der Waals surface area (Å²) in [5.74, 6) is -0.0151. The molecule has 0 aliphatic rings. The van der Waals surface area contributed by atoms with Gasteiger partial charge in [0.25, 0.3) is 0 Å². The minimum atomic E-state index is -1.09. The lowest BCUT2D eigenvalue weighted by Gasteiger charge is -2.05. The second-order valence-electron chi connectivity index (χ2n) is 3.74. The van der Waals surface area contributed by atoms with Crippen LogP contribution in [0.3, 0.4) is 0 Å². The third kappa shape index (κ3) is 2.84. The molecule has 1 aromatic carbocycles. The molecule has 0 spiro atoms. The zero-order valence-corrected chi connectivity index (χ0v) is 10.4. The van der Waals surface area contributed by atoms with Crippen molar-refractivity contribution in [2.45, 2.75) is 13.5 Å². The zero-order chi connectivity index (χ0) is 13.1. The SMILES string of the molecule is Cc1oc(C(=O)O)cc1COc1cccc(Cl)c1. The Bertz CT molecular complexity index is 574. The molecular weight excluding hydrogens is 256 g/mol. The van der Waals surface area contributed by atoms with Crippen molar-refractivity contribution in [3.8, 4) is 5.75 Å². The van der Waals surface area contributed by atoms with E-state index < -0.39 is 5.97 Å². The van der Waals surface area contributed by atoms with Crippen molar-refractivity contribution in [1.82, 2.24) is 0 Å². The van der Waals surface area contributed by atoms with Gasteiger partial charge in [-0.15, -0.1) is 0 Å². The molecule has 0 aliphatic carbocycles. The lowest BCUT2D eigenvalue weighted by Crippen LogP contribution is -1.96. The van der Waals surface area contributed by atoms with Gasteiger partial charge >= 0.3 is 5.97 Å². The van der Waals surface area contributed by atoms with Gasteiger partial charge in [0.15, 0.2) is 0 Å². The van der Waals surface area contributed by atoms with Crippen LogP contribution in [0.5, 0.6) is 5.75 Å². The van der Waals surface area contributed by atoms with Gasteiger partial charge in [0, 0.05) is 10.6 Å². The summed E-state index contributed by atoms with van der Waals surface area (Å²) in [7, 11) is 0. The summed E-state index contributed by atoms with van der Waals surface area (Å²) < 4.78 is 10.6. The number of carboxylic acid groups (broad SMARTS) is 1. The predicted octanol–water partition coefficient (Wildman–Crippen LogP) is 3.52. The monoisotopic (exact) mass is 266 g/mol. The second-order valence-corrected chi connectivity index (χ2v) is 4.18. The molecule has 94 valence electrons. The molecule has 0 saturated heterocycles. The van der Waals surface area contributed by atoms with Crippen LogP contribution in [0.25, 0.3) is 0 Å². The van der Waals surface area contributed by atoms with Crippen LogP contribution >= 0.6 is 11.6 Å². The molecule has 0 radical (unpaired) electrons. The summed E-state index contributed by atoms with van der Waals surface area (Å²) >= 11 is 5.83. The highest BCUT2D eigenvalue weighted by atomic mass is 35.5. The molecule has 0 aliphatic heterocycles. The van der Waals surface area contributed by atoms with Crippen LogP contribution in [0, 0.1) is 6.92 Å². The Morgan fingerprint density at radius 3 is 2.83 bits per heavy atom. The van der Waals surface area contributed by atoms with Gasteiger partial charge in [-0.1, -0.05) is 17.7 Å². The van der Waals surface area contributed by atoms with E-state index in [1.807, 2.05) is 0 Å². The van der Waals surface area contributed by atoms with Gasteiger partial charge in [0.1, 0.15) is 18.1 Å². The van der Waals surface area contributed by atoms with Gasteiger partial charge in [-0.25, -0.2) is 4.79 Å². The maximum Gasteiger partial charge on any atom is 0.371 e. The molecule has 1 N–H and O–H groups in total. The van der Waals surface area contributed by atoms with Crippen LogP contribution < -0.4 is 4.74 Å². The maximum atomic E-state index is 10.7. The van der Waals surface area contributed by atoms with Crippen LogP contribution in [0.4, 0.5) is 0 Å². The second kappa shape index (κ2) is 5.14. The molecule has 0 saturated carbocycles. The van der Waals surface area contributed by atoms with Crippen LogP contribution in [0.15, 0.2) is 34.7 Å². The minimum absolute atomic E-state index is 0.0859. The van der Waals surface area contributed by atoms with Crippen molar-refractivity contribution in [1.29, 1.82) is 0 Å². The smallest absolute Gasteiger partial charge is 0.371 e. The van der Waals surface area contributed by atoms with Crippen molar-refractivity contribution in [2.75, 3.05) is 0 Å². The van der Waals surface area contributed by atoms with E-state index in [2.05, 4.69) is 0 Å². The molecule has 18 heavy (non-hydrogen) atoms. The number of aryl methyl sites for hydroxylation is 1. The molecular formula is C13H11ClO4. The first-order chi connectivity index (χ1) is 8.56. The molecule has 5 heteroatoms. The number of hydrogen-bond donors (Lipinski definition) is 1. The Morgan fingerprint density at radius 2 is 2.22 bits per heavy atom. The van der Waals surface area contributed by atoms with Crippen LogP contribution in [0.2, 0.25) is 5.02 Å². The summed E-state index contributed by atoms with van der Waals surface area (Å²) in [4.78, 5) is 10.7. The fraction of sp³-hybridized carbons (Fsp3) is 0.154. The van der Waals surface area contributed by atoms with Gasteiger partial charge < -0.3 is 14.3 Å². The van der Waals surface area contributed by atoms with Gasteiger partial charge in [-0.2, -0.15) is 0 Å².